The molecule has 1 N–H and O–H groups in total. The van der Waals surface area contributed by atoms with Crippen molar-refractivity contribution in [3.63, 3.8) is 0 Å². The van der Waals surface area contributed by atoms with Crippen LogP contribution in [0.15, 0.2) is 60.1 Å². The van der Waals surface area contributed by atoms with Gasteiger partial charge < -0.3 is 4.74 Å². The lowest BCUT2D eigenvalue weighted by Crippen LogP contribution is -2.11. The third-order valence-electron chi connectivity index (χ3n) is 3.48. The van der Waals surface area contributed by atoms with E-state index in [9.17, 15) is 4.79 Å². The molecular formula is C18H11ClN4O2S2. The van der Waals surface area contributed by atoms with Gasteiger partial charge in [-0.1, -0.05) is 22.9 Å². The zero-order valence-electron chi connectivity index (χ0n) is 13.6. The highest BCUT2D eigenvalue weighted by Gasteiger charge is 2.12. The predicted octanol–water partition coefficient (Wildman–Crippen LogP) is 5.36. The Balaban J connectivity index is 1.42. The maximum absolute atomic E-state index is 12.4. The summed E-state index contributed by atoms with van der Waals surface area (Å²) in [5.41, 5.74) is 1.32. The highest BCUT2D eigenvalue weighted by molar-refractivity contribution is 7.11. The molecule has 0 spiro atoms. The molecule has 4 rings (SSSR count). The number of amides is 1. The van der Waals surface area contributed by atoms with Gasteiger partial charge in [-0.25, -0.2) is 4.98 Å². The van der Waals surface area contributed by atoms with Crippen molar-refractivity contribution in [3.05, 3.63) is 70.7 Å². The molecule has 1 amide bonds. The van der Waals surface area contributed by atoms with Crippen molar-refractivity contribution in [2.75, 3.05) is 5.32 Å². The summed E-state index contributed by atoms with van der Waals surface area (Å²) < 4.78 is 9.84. The van der Waals surface area contributed by atoms with Crippen molar-refractivity contribution in [2.24, 2.45) is 0 Å². The van der Waals surface area contributed by atoms with Gasteiger partial charge in [0.05, 0.1) is 0 Å². The molecular weight excluding hydrogens is 404 g/mol. The van der Waals surface area contributed by atoms with Gasteiger partial charge in [-0.2, -0.15) is 9.36 Å². The molecule has 2 heterocycles. The van der Waals surface area contributed by atoms with Gasteiger partial charge in [0, 0.05) is 39.3 Å². The van der Waals surface area contributed by atoms with Gasteiger partial charge >= 0.3 is 0 Å². The standard InChI is InChI=1S/C18H11ClN4O2S2/c19-13-5-1-11(2-6-13)15-21-17(27-23-15)22-16(24)12-3-7-14(8-4-12)25-18-20-9-10-26-18/h1-10H,(H,21,22,23,24). The summed E-state index contributed by atoms with van der Waals surface area (Å²) in [5.74, 6) is 0.885. The molecule has 0 saturated carbocycles. The largest absolute Gasteiger partial charge is 0.431 e. The number of nitrogens with zero attached hydrogens (tertiary/aromatic N) is 3. The number of anilines is 1. The SMILES string of the molecule is O=C(Nc1nc(-c2ccc(Cl)cc2)ns1)c1ccc(Oc2nccs2)cc1. The Morgan fingerprint density at radius 1 is 1.07 bits per heavy atom. The van der Waals surface area contributed by atoms with Crippen molar-refractivity contribution in [1.29, 1.82) is 0 Å². The van der Waals surface area contributed by atoms with Crippen LogP contribution in [0, 0.1) is 0 Å². The fraction of sp³-hybridized carbons (Fsp3) is 0. The van der Waals surface area contributed by atoms with Crippen LogP contribution in [-0.2, 0) is 0 Å². The summed E-state index contributed by atoms with van der Waals surface area (Å²) in [6.07, 6.45) is 1.67. The topological polar surface area (TPSA) is 77.0 Å². The molecule has 0 unspecified atom stereocenters. The summed E-state index contributed by atoms with van der Waals surface area (Å²) in [4.78, 5) is 20.8. The number of nitrogens with one attached hydrogen (secondary N) is 1. The normalized spacial score (nSPS) is 10.6. The van der Waals surface area contributed by atoms with E-state index in [-0.39, 0.29) is 5.91 Å². The van der Waals surface area contributed by atoms with E-state index < -0.39 is 0 Å². The zero-order valence-corrected chi connectivity index (χ0v) is 16.0. The molecule has 0 aliphatic rings. The molecule has 4 aromatic rings. The van der Waals surface area contributed by atoms with Crippen molar-refractivity contribution < 1.29 is 9.53 Å². The fourth-order valence-electron chi connectivity index (χ4n) is 2.20. The van der Waals surface area contributed by atoms with E-state index in [0.717, 1.165) is 17.1 Å². The first-order chi connectivity index (χ1) is 13.2. The van der Waals surface area contributed by atoms with E-state index in [1.54, 1.807) is 42.6 Å². The molecule has 2 aromatic carbocycles. The average molecular weight is 415 g/mol. The number of benzene rings is 2. The van der Waals surface area contributed by atoms with Crippen LogP contribution in [0.3, 0.4) is 0 Å². The number of thiazole rings is 1. The first-order valence-corrected chi connectivity index (χ1v) is 9.79. The second kappa shape index (κ2) is 7.83. The molecule has 0 atom stereocenters. The minimum absolute atomic E-state index is 0.269. The number of hydrogen-bond acceptors (Lipinski definition) is 7. The Morgan fingerprint density at radius 2 is 1.85 bits per heavy atom. The van der Waals surface area contributed by atoms with E-state index in [1.165, 1.54) is 11.3 Å². The van der Waals surface area contributed by atoms with Gasteiger partial charge in [-0.15, -0.1) is 0 Å². The molecule has 0 bridgehead atoms. The van der Waals surface area contributed by atoms with Crippen LogP contribution in [0.4, 0.5) is 5.13 Å². The molecule has 134 valence electrons. The smallest absolute Gasteiger partial charge is 0.278 e. The second-order valence-electron chi connectivity index (χ2n) is 5.31. The highest BCUT2D eigenvalue weighted by Crippen LogP contribution is 2.25. The van der Waals surface area contributed by atoms with Gasteiger partial charge in [-0.05, 0) is 48.5 Å². The summed E-state index contributed by atoms with van der Waals surface area (Å²) in [6, 6.07) is 14.0. The van der Waals surface area contributed by atoms with Crippen LogP contribution in [0.5, 0.6) is 10.9 Å². The molecule has 2 aromatic heterocycles. The first-order valence-electron chi connectivity index (χ1n) is 7.76. The van der Waals surface area contributed by atoms with Gasteiger partial charge in [0.2, 0.25) is 5.13 Å². The lowest BCUT2D eigenvalue weighted by Gasteiger charge is -2.04. The van der Waals surface area contributed by atoms with E-state index >= 15 is 0 Å². The molecule has 27 heavy (non-hydrogen) atoms. The Morgan fingerprint density at radius 3 is 2.56 bits per heavy atom. The Hall–Kier alpha value is -2.81. The second-order valence-corrected chi connectivity index (χ2v) is 7.35. The fourth-order valence-corrected chi connectivity index (χ4v) is 3.41. The summed E-state index contributed by atoms with van der Waals surface area (Å²) >= 11 is 8.40. The number of rotatable bonds is 5. The highest BCUT2D eigenvalue weighted by atomic mass is 35.5. The van der Waals surface area contributed by atoms with Gasteiger partial charge in [0.15, 0.2) is 5.82 Å². The van der Waals surface area contributed by atoms with Crippen molar-refractivity contribution in [1.82, 2.24) is 14.3 Å². The number of carbonyl (C=O) groups excluding carboxylic acids is 1. The third kappa shape index (κ3) is 4.30. The summed E-state index contributed by atoms with van der Waals surface area (Å²) in [7, 11) is 0. The van der Waals surface area contributed by atoms with E-state index in [0.29, 0.717) is 32.5 Å². The minimum atomic E-state index is -0.269. The molecule has 9 heteroatoms. The quantitative estimate of drug-likeness (QED) is 0.475. The molecule has 0 aliphatic carbocycles. The molecule has 0 radical (unpaired) electrons. The number of aromatic nitrogens is 3. The van der Waals surface area contributed by atoms with Gasteiger partial charge in [0.25, 0.3) is 11.1 Å². The maximum atomic E-state index is 12.4. The van der Waals surface area contributed by atoms with Crippen molar-refractivity contribution in [3.8, 4) is 22.3 Å². The van der Waals surface area contributed by atoms with E-state index in [1.807, 2.05) is 17.5 Å². The first kappa shape index (κ1) is 17.6. The van der Waals surface area contributed by atoms with Crippen LogP contribution >= 0.6 is 34.5 Å². The molecule has 0 saturated heterocycles. The number of halogens is 1. The summed E-state index contributed by atoms with van der Waals surface area (Å²) in [5, 5.41) is 6.20. The Kier molecular flexibility index (Phi) is 5.10. The van der Waals surface area contributed by atoms with Crippen LogP contribution in [0.2, 0.25) is 5.02 Å². The molecule has 0 fully saturated rings. The number of ether oxygens (including phenoxy) is 1. The predicted molar refractivity (Wildman–Crippen MR) is 107 cm³/mol. The van der Waals surface area contributed by atoms with Gasteiger partial charge in [-0.3, -0.25) is 10.1 Å². The number of carbonyl (C=O) groups is 1. The lowest BCUT2D eigenvalue weighted by molar-refractivity contribution is 0.102. The Labute approximate surface area is 167 Å². The van der Waals surface area contributed by atoms with Crippen molar-refractivity contribution >= 4 is 45.5 Å². The zero-order chi connectivity index (χ0) is 18.6. The lowest BCUT2D eigenvalue weighted by atomic mass is 10.2. The van der Waals surface area contributed by atoms with Crippen molar-refractivity contribution in [2.45, 2.75) is 0 Å². The van der Waals surface area contributed by atoms with Crippen LogP contribution in [0.25, 0.3) is 11.4 Å². The third-order valence-corrected chi connectivity index (χ3v) is 5.01. The molecule has 6 nitrogen and oxygen atoms in total. The van der Waals surface area contributed by atoms with E-state index in [2.05, 4.69) is 19.7 Å². The summed E-state index contributed by atoms with van der Waals surface area (Å²) in [6.45, 7) is 0. The number of hydrogen-bond donors (Lipinski definition) is 1. The van der Waals surface area contributed by atoms with Gasteiger partial charge in [0.1, 0.15) is 5.75 Å². The van der Waals surface area contributed by atoms with Crippen LogP contribution in [-0.4, -0.2) is 20.2 Å². The van der Waals surface area contributed by atoms with Crippen LogP contribution < -0.4 is 10.1 Å². The average Bonchev–Trinajstić information content (AvgIpc) is 3.35. The Bertz CT molecular complexity index is 1050. The minimum Gasteiger partial charge on any atom is -0.431 e. The van der Waals surface area contributed by atoms with Crippen LogP contribution in [0.1, 0.15) is 10.4 Å². The monoisotopic (exact) mass is 414 g/mol. The van der Waals surface area contributed by atoms with E-state index in [4.69, 9.17) is 16.3 Å². The molecule has 0 aliphatic heterocycles. The maximum Gasteiger partial charge on any atom is 0.278 e.